The fraction of sp³-hybridized carbons (Fsp3) is 0.625. The van der Waals surface area contributed by atoms with Gasteiger partial charge in [0, 0.05) is 18.8 Å². The summed E-state index contributed by atoms with van der Waals surface area (Å²) in [4.78, 5) is 16.1. The molecule has 0 saturated heterocycles. The molecule has 3 N–H and O–H groups in total. The molecule has 1 aromatic heterocycles. The van der Waals surface area contributed by atoms with Crippen molar-refractivity contribution in [2.45, 2.75) is 46.1 Å². The van der Waals surface area contributed by atoms with Crippen LogP contribution in [-0.4, -0.2) is 17.4 Å². The Labute approximate surface area is 122 Å². The number of hydrogen-bond donors (Lipinski definition) is 2. The maximum atomic E-state index is 12.0. The first-order valence-electron chi connectivity index (χ1n) is 7.44. The van der Waals surface area contributed by atoms with E-state index in [-0.39, 0.29) is 11.9 Å². The monoisotopic (exact) mass is 277 g/mol. The SMILES string of the molecule is CC(C)C(CCN)CCC(=O)N[C@H](C)c1cccnc1. The second-order valence-corrected chi connectivity index (χ2v) is 5.70. The molecule has 0 saturated carbocycles. The predicted molar refractivity (Wildman–Crippen MR) is 82.0 cm³/mol. The van der Waals surface area contributed by atoms with Gasteiger partial charge in [-0.2, -0.15) is 0 Å². The number of amides is 1. The first-order valence-corrected chi connectivity index (χ1v) is 7.44. The molecule has 0 aliphatic rings. The van der Waals surface area contributed by atoms with Crippen molar-refractivity contribution in [3.63, 3.8) is 0 Å². The van der Waals surface area contributed by atoms with Crippen molar-refractivity contribution >= 4 is 5.91 Å². The van der Waals surface area contributed by atoms with Gasteiger partial charge in [0.15, 0.2) is 0 Å². The second-order valence-electron chi connectivity index (χ2n) is 5.70. The van der Waals surface area contributed by atoms with E-state index < -0.39 is 0 Å². The number of carbonyl (C=O) groups is 1. The molecule has 1 unspecified atom stereocenters. The highest BCUT2D eigenvalue weighted by atomic mass is 16.1. The third kappa shape index (κ3) is 5.70. The molecule has 0 spiro atoms. The maximum Gasteiger partial charge on any atom is 0.220 e. The number of carbonyl (C=O) groups excluding carboxylic acids is 1. The molecule has 1 amide bonds. The van der Waals surface area contributed by atoms with E-state index in [4.69, 9.17) is 5.73 Å². The van der Waals surface area contributed by atoms with E-state index in [1.165, 1.54) is 0 Å². The summed E-state index contributed by atoms with van der Waals surface area (Å²) in [7, 11) is 0. The number of pyridine rings is 1. The van der Waals surface area contributed by atoms with Gasteiger partial charge in [0.2, 0.25) is 5.91 Å². The lowest BCUT2D eigenvalue weighted by atomic mass is 9.88. The zero-order valence-electron chi connectivity index (χ0n) is 12.8. The van der Waals surface area contributed by atoms with Crippen molar-refractivity contribution in [2.24, 2.45) is 17.6 Å². The summed E-state index contributed by atoms with van der Waals surface area (Å²) in [6.07, 6.45) is 5.98. The van der Waals surface area contributed by atoms with Gasteiger partial charge < -0.3 is 11.1 Å². The smallest absolute Gasteiger partial charge is 0.220 e. The molecule has 1 aromatic rings. The molecular weight excluding hydrogens is 250 g/mol. The van der Waals surface area contributed by atoms with Gasteiger partial charge in [0.25, 0.3) is 0 Å². The van der Waals surface area contributed by atoms with Gasteiger partial charge in [-0.25, -0.2) is 0 Å². The highest BCUT2D eigenvalue weighted by Gasteiger charge is 2.15. The van der Waals surface area contributed by atoms with Crippen molar-refractivity contribution < 1.29 is 4.79 Å². The molecule has 0 fully saturated rings. The minimum Gasteiger partial charge on any atom is -0.350 e. The number of rotatable bonds is 8. The highest BCUT2D eigenvalue weighted by Crippen LogP contribution is 2.20. The Morgan fingerprint density at radius 2 is 2.10 bits per heavy atom. The Balaban J connectivity index is 2.39. The molecule has 20 heavy (non-hydrogen) atoms. The zero-order chi connectivity index (χ0) is 15.0. The Hall–Kier alpha value is -1.42. The molecule has 0 aliphatic heterocycles. The first-order chi connectivity index (χ1) is 9.54. The van der Waals surface area contributed by atoms with Gasteiger partial charge in [-0.15, -0.1) is 0 Å². The van der Waals surface area contributed by atoms with Crippen molar-refractivity contribution in [3.8, 4) is 0 Å². The first kappa shape index (κ1) is 16.6. The van der Waals surface area contributed by atoms with Gasteiger partial charge in [-0.3, -0.25) is 9.78 Å². The van der Waals surface area contributed by atoms with Crippen LogP contribution in [0, 0.1) is 11.8 Å². The quantitative estimate of drug-likeness (QED) is 0.767. The molecule has 112 valence electrons. The normalized spacial score (nSPS) is 14.1. The fourth-order valence-corrected chi connectivity index (χ4v) is 2.37. The maximum absolute atomic E-state index is 12.0. The summed E-state index contributed by atoms with van der Waals surface area (Å²) in [5, 5.41) is 3.02. The van der Waals surface area contributed by atoms with Gasteiger partial charge in [0.05, 0.1) is 6.04 Å². The van der Waals surface area contributed by atoms with Crippen LogP contribution in [0.2, 0.25) is 0 Å². The summed E-state index contributed by atoms with van der Waals surface area (Å²) in [5.41, 5.74) is 6.65. The summed E-state index contributed by atoms with van der Waals surface area (Å²) >= 11 is 0. The van der Waals surface area contributed by atoms with Crippen molar-refractivity contribution in [1.29, 1.82) is 0 Å². The number of nitrogens with zero attached hydrogens (tertiary/aromatic N) is 1. The largest absolute Gasteiger partial charge is 0.350 e. The van der Waals surface area contributed by atoms with E-state index in [0.717, 1.165) is 18.4 Å². The van der Waals surface area contributed by atoms with Crippen LogP contribution in [0.1, 0.15) is 51.6 Å². The number of hydrogen-bond acceptors (Lipinski definition) is 3. The van der Waals surface area contributed by atoms with Crippen LogP contribution in [0.3, 0.4) is 0 Å². The van der Waals surface area contributed by atoms with E-state index in [9.17, 15) is 4.79 Å². The average Bonchev–Trinajstić information content (AvgIpc) is 2.44. The van der Waals surface area contributed by atoms with Crippen LogP contribution in [0.4, 0.5) is 0 Å². The third-order valence-electron chi connectivity index (χ3n) is 3.78. The van der Waals surface area contributed by atoms with E-state index >= 15 is 0 Å². The summed E-state index contributed by atoms with van der Waals surface area (Å²) < 4.78 is 0. The molecule has 0 aromatic carbocycles. The van der Waals surface area contributed by atoms with Crippen molar-refractivity contribution in [2.75, 3.05) is 6.54 Å². The van der Waals surface area contributed by atoms with Crippen LogP contribution < -0.4 is 11.1 Å². The number of nitrogens with two attached hydrogens (primary N) is 1. The Bertz CT molecular complexity index is 392. The molecule has 0 bridgehead atoms. The minimum absolute atomic E-state index is 0.00297. The Morgan fingerprint density at radius 1 is 1.35 bits per heavy atom. The third-order valence-corrected chi connectivity index (χ3v) is 3.78. The lowest BCUT2D eigenvalue weighted by molar-refractivity contribution is -0.122. The lowest BCUT2D eigenvalue weighted by Gasteiger charge is -2.20. The van der Waals surface area contributed by atoms with Crippen LogP contribution in [0.25, 0.3) is 0 Å². The summed E-state index contributed by atoms with van der Waals surface area (Å²) in [5.74, 6) is 1.20. The van der Waals surface area contributed by atoms with Gasteiger partial charge in [0.1, 0.15) is 0 Å². The molecule has 1 heterocycles. The van der Waals surface area contributed by atoms with Gasteiger partial charge in [-0.05, 0) is 49.8 Å². The van der Waals surface area contributed by atoms with E-state index in [1.807, 2.05) is 19.1 Å². The number of aromatic nitrogens is 1. The Morgan fingerprint density at radius 3 is 2.65 bits per heavy atom. The summed E-state index contributed by atoms with van der Waals surface area (Å²) in [6, 6.07) is 3.86. The van der Waals surface area contributed by atoms with Crippen molar-refractivity contribution in [3.05, 3.63) is 30.1 Å². The zero-order valence-corrected chi connectivity index (χ0v) is 12.8. The van der Waals surface area contributed by atoms with E-state index in [1.54, 1.807) is 12.4 Å². The molecule has 0 aliphatic carbocycles. The average molecular weight is 277 g/mol. The topological polar surface area (TPSA) is 68.0 Å². The minimum atomic E-state index is 0.00297. The second kappa shape index (κ2) is 8.69. The number of nitrogens with one attached hydrogen (secondary N) is 1. The van der Waals surface area contributed by atoms with Crippen LogP contribution in [-0.2, 0) is 4.79 Å². The van der Waals surface area contributed by atoms with Crippen LogP contribution >= 0.6 is 0 Å². The molecule has 0 radical (unpaired) electrons. The van der Waals surface area contributed by atoms with Crippen LogP contribution in [0.5, 0.6) is 0 Å². The molecule has 1 rings (SSSR count). The lowest BCUT2D eigenvalue weighted by Crippen LogP contribution is -2.27. The van der Waals surface area contributed by atoms with Crippen LogP contribution in [0.15, 0.2) is 24.5 Å². The molecule has 4 nitrogen and oxygen atoms in total. The Kier molecular flexibility index (Phi) is 7.23. The molecule has 2 atom stereocenters. The van der Waals surface area contributed by atoms with E-state index in [2.05, 4.69) is 24.1 Å². The molecular formula is C16H27N3O. The van der Waals surface area contributed by atoms with Gasteiger partial charge >= 0.3 is 0 Å². The van der Waals surface area contributed by atoms with E-state index in [0.29, 0.717) is 24.8 Å². The standard InChI is InChI=1S/C16H27N3O/c1-12(2)14(8-9-17)6-7-16(20)19-13(3)15-5-4-10-18-11-15/h4-5,10-14H,6-9,17H2,1-3H3,(H,19,20)/t13-,14?/m1/s1. The fourth-order valence-electron chi connectivity index (χ4n) is 2.37. The molecule has 4 heteroatoms. The van der Waals surface area contributed by atoms with Crippen molar-refractivity contribution in [1.82, 2.24) is 10.3 Å². The highest BCUT2D eigenvalue weighted by molar-refractivity contribution is 5.76. The van der Waals surface area contributed by atoms with Gasteiger partial charge in [-0.1, -0.05) is 19.9 Å². The summed E-state index contributed by atoms with van der Waals surface area (Å²) in [6.45, 7) is 7.05. The predicted octanol–water partition coefficient (Wildman–Crippen LogP) is 2.66.